The van der Waals surface area contributed by atoms with Crippen molar-refractivity contribution in [2.24, 2.45) is 5.92 Å². The predicted octanol–water partition coefficient (Wildman–Crippen LogP) is 0.820. The fraction of sp³-hybridized carbons (Fsp3) is 1.00. The molecule has 0 aromatic carbocycles. The summed E-state index contributed by atoms with van der Waals surface area (Å²) in [5, 5.41) is 0. The van der Waals surface area contributed by atoms with E-state index in [0.717, 1.165) is 13.0 Å². The average Bonchev–Trinajstić information content (AvgIpc) is 1.88. The van der Waals surface area contributed by atoms with E-state index < -0.39 is 10.0 Å². The molecule has 0 aromatic heterocycles. The topological polar surface area (TPSA) is 37.4 Å². The molecule has 2 rings (SSSR count). The van der Waals surface area contributed by atoms with Crippen molar-refractivity contribution < 1.29 is 8.42 Å². The van der Waals surface area contributed by atoms with Gasteiger partial charge in [0.25, 0.3) is 0 Å². The first-order valence-electron chi connectivity index (χ1n) is 4.56. The van der Waals surface area contributed by atoms with Gasteiger partial charge in [-0.05, 0) is 18.8 Å². The second-order valence-corrected chi connectivity index (χ2v) is 5.88. The van der Waals surface area contributed by atoms with Crippen molar-refractivity contribution in [2.75, 3.05) is 12.8 Å². The van der Waals surface area contributed by atoms with Gasteiger partial charge >= 0.3 is 0 Å². The molecule has 0 unspecified atom stereocenters. The highest BCUT2D eigenvalue weighted by molar-refractivity contribution is 7.88. The van der Waals surface area contributed by atoms with Crippen LogP contribution in [-0.2, 0) is 10.0 Å². The molecule has 1 aliphatic heterocycles. The lowest BCUT2D eigenvalue weighted by Gasteiger charge is -2.49. The molecular formula is C8H15NO2S. The first kappa shape index (κ1) is 8.51. The number of nitrogens with zero attached hydrogens (tertiary/aromatic N) is 1. The first-order chi connectivity index (χ1) is 5.59. The summed E-state index contributed by atoms with van der Waals surface area (Å²) in [4.78, 5) is 0. The van der Waals surface area contributed by atoms with Gasteiger partial charge in [-0.15, -0.1) is 0 Å². The van der Waals surface area contributed by atoms with E-state index in [1.54, 1.807) is 4.31 Å². The number of fused-ring (bicyclic) bond motifs is 1. The van der Waals surface area contributed by atoms with Crippen LogP contribution in [0.4, 0.5) is 0 Å². The molecule has 0 spiro atoms. The van der Waals surface area contributed by atoms with E-state index in [0.29, 0.717) is 12.0 Å². The van der Waals surface area contributed by atoms with Crippen molar-refractivity contribution in [3.63, 3.8) is 0 Å². The zero-order valence-electron chi connectivity index (χ0n) is 7.36. The van der Waals surface area contributed by atoms with E-state index in [9.17, 15) is 8.42 Å². The quantitative estimate of drug-likeness (QED) is 0.612. The van der Waals surface area contributed by atoms with E-state index in [2.05, 4.69) is 0 Å². The van der Waals surface area contributed by atoms with Crippen LogP contribution < -0.4 is 0 Å². The standard InChI is InChI=1S/C8H15NO2S/c1-12(10,11)9-6-7-4-2-3-5-8(7)9/h7-8H,2-6H2,1H3/t7-,8+/m1/s1. The Morgan fingerprint density at radius 2 is 1.92 bits per heavy atom. The van der Waals surface area contributed by atoms with Gasteiger partial charge < -0.3 is 0 Å². The minimum atomic E-state index is -2.90. The lowest BCUT2D eigenvalue weighted by molar-refractivity contribution is 0.0609. The van der Waals surface area contributed by atoms with Crippen LogP contribution in [0.5, 0.6) is 0 Å². The van der Waals surface area contributed by atoms with Gasteiger partial charge in [0, 0.05) is 12.6 Å². The summed E-state index contributed by atoms with van der Waals surface area (Å²) in [5.74, 6) is 0.675. The Bertz CT molecular complexity index is 273. The van der Waals surface area contributed by atoms with Crippen molar-refractivity contribution in [2.45, 2.75) is 31.7 Å². The average molecular weight is 189 g/mol. The maximum absolute atomic E-state index is 11.2. The highest BCUT2D eigenvalue weighted by atomic mass is 32.2. The third-order valence-corrected chi connectivity index (χ3v) is 4.35. The van der Waals surface area contributed by atoms with E-state index in [4.69, 9.17) is 0 Å². The molecule has 12 heavy (non-hydrogen) atoms. The number of hydrogen-bond acceptors (Lipinski definition) is 2. The zero-order chi connectivity index (χ0) is 8.77. The predicted molar refractivity (Wildman–Crippen MR) is 47.3 cm³/mol. The minimum Gasteiger partial charge on any atom is -0.212 e. The molecule has 70 valence electrons. The van der Waals surface area contributed by atoms with Gasteiger partial charge in [0.05, 0.1) is 6.26 Å². The van der Waals surface area contributed by atoms with Gasteiger partial charge in [0.1, 0.15) is 0 Å². The second-order valence-electron chi connectivity index (χ2n) is 3.94. The van der Waals surface area contributed by atoms with Crippen LogP contribution in [0.1, 0.15) is 25.7 Å². The number of rotatable bonds is 1. The summed E-state index contributed by atoms with van der Waals surface area (Å²) >= 11 is 0. The molecule has 4 heteroatoms. The molecule has 1 saturated heterocycles. The Balaban J connectivity index is 2.06. The summed E-state index contributed by atoms with van der Waals surface area (Å²) in [6.45, 7) is 0.781. The van der Waals surface area contributed by atoms with Crippen molar-refractivity contribution >= 4 is 10.0 Å². The lowest BCUT2D eigenvalue weighted by atomic mass is 9.79. The maximum Gasteiger partial charge on any atom is 0.211 e. The Hall–Kier alpha value is -0.0900. The highest BCUT2D eigenvalue weighted by Crippen LogP contribution is 2.38. The molecule has 1 heterocycles. The van der Waals surface area contributed by atoms with E-state index in [1.807, 2.05) is 0 Å². The third-order valence-electron chi connectivity index (χ3n) is 3.08. The van der Waals surface area contributed by atoms with Gasteiger partial charge in [0.2, 0.25) is 10.0 Å². The summed E-state index contributed by atoms with van der Waals surface area (Å²) in [5.41, 5.74) is 0. The van der Waals surface area contributed by atoms with Crippen LogP contribution in [-0.4, -0.2) is 31.6 Å². The van der Waals surface area contributed by atoms with Crippen molar-refractivity contribution in [3.8, 4) is 0 Å². The molecule has 0 amide bonds. The largest absolute Gasteiger partial charge is 0.212 e. The Morgan fingerprint density at radius 3 is 2.50 bits per heavy atom. The summed E-state index contributed by atoms with van der Waals surface area (Å²) in [6, 6.07) is 0.355. The summed E-state index contributed by atoms with van der Waals surface area (Å²) in [7, 11) is -2.90. The fourth-order valence-corrected chi connectivity index (χ4v) is 3.62. The molecule has 2 aliphatic rings. The van der Waals surface area contributed by atoms with Gasteiger partial charge in [-0.1, -0.05) is 12.8 Å². The molecule has 1 aliphatic carbocycles. The Labute approximate surface area is 73.8 Å². The van der Waals surface area contributed by atoms with Crippen LogP contribution in [0.3, 0.4) is 0 Å². The van der Waals surface area contributed by atoms with Crippen LogP contribution in [0.15, 0.2) is 0 Å². The van der Waals surface area contributed by atoms with Gasteiger partial charge in [0.15, 0.2) is 0 Å². The second kappa shape index (κ2) is 2.70. The van der Waals surface area contributed by atoms with Crippen LogP contribution in [0.2, 0.25) is 0 Å². The van der Waals surface area contributed by atoms with E-state index in [1.165, 1.54) is 25.5 Å². The van der Waals surface area contributed by atoms with Crippen molar-refractivity contribution in [1.29, 1.82) is 0 Å². The zero-order valence-corrected chi connectivity index (χ0v) is 8.18. The minimum absolute atomic E-state index is 0.355. The fourth-order valence-electron chi connectivity index (χ4n) is 2.39. The van der Waals surface area contributed by atoms with Crippen LogP contribution >= 0.6 is 0 Å². The highest BCUT2D eigenvalue weighted by Gasteiger charge is 2.44. The van der Waals surface area contributed by atoms with Gasteiger partial charge in [-0.2, -0.15) is 4.31 Å². The normalized spacial score (nSPS) is 37.1. The molecule has 2 atom stereocenters. The molecule has 0 N–H and O–H groups in total. The summed E-state index contributed by atoms with van der Waals surface area (Å²) in [6.07, 6.45) is 6.12. The maximum atomic E-state index is 11.2. The molecular weight excluding hydrogens is 174 g/mol. The van der Waals surface area contributed by atoms with E-state index in [-0.39, 0.29) is 0 Å². The molecule has 0 aromatic rings. The monoisotopic (exact) mass is 189 g/mol. The number of hydrogen-bond donors (Lipinski definition) is 0. The van der Waals surface area contributed by atoms with Crippen molar-refractivity contribution in [3.05, 3.63) is 0 Å². The summed E-state index contributed by atoms with van der Waals surface area (Å²) < 4.78 is 24.1. The lowest BCUT2D eigenvalue weighted by Crippen LogP contribution is -2.59. The van der Waals surface area contributed by atoms with Crippen molar-refractivity contribution in [1.82, 2.24) is 4.31 Å². The first-order valence-corrected chi connectivity index (χ1v) is 6.40. The van der Waals surface area contributed by atoms with Crippen LogP contribution in [0.25, 0.3) is 0 Å². The Morgan fingerprint density at radius 1 is 1.25 bits per heavy atom. The molecule has 0 radical (unpaired) electrons. The van der Waals surface area contributed by atoms with E-state index >= 15 is 0 Å². The van der Waals surface area contributed by atoms with Gasteiger partial charge in [-0.3, -0.25) is 0 Å². The molecule has 1 saturated carbocycles. The van der Waals surface area contributed by atoms with Crippen LogP contribution in [0, 0.1) is 5.92 Å². The molecule has 2 fully saturated rings. The molecule has 3 nitrogen and oxygen atoms in total. The SMILES string of the molecule is CS(=O)(=O)N1C[C@H]2CCCC[C@@H]21. The van der Waals surface area contributed by atoms with Gasteiger partial charge in [-0.25, -0.2) is 8.42 Å². The Kier molecular flexibility index (Phi) is 1.92. The number of sulfonamides is 1. The third kappa shape index (κ3) is 1.27. The molecule has 0 bridgehead atoms. The smallest absolute Gasteiger partial charge is 0.211 e.